The van der Waals surface area contributed by atoms with Gasteiger partial charge >= 0.3 is 5.97 Å². The SMILES string of the molecule is CNC(=O)c1[nH]cnc1N=NSCC(N)C(=O)O. The van der Waals surface area contributed by atoms with E-state index in [4.69, 9.17) is 10.8 Å². The van der Waals surface area contributed by atoms with Crippen LogP contribution >= 0.6 is 11.9 Å². The summed E-state index contributed by atoms with van der Waals surface area (Å²) in [7, 11) is 1.48. The van der Waals surface area contributed by atoms with Crippen LogP contribution in [0.5, 0.6) is 0 Å². The van der Waals surface area contributed by atoms with Gasteiger partial charge in [-0.3, -0.25) is 9.59 Å². The second kappa shape index (κ2) is 6.71. The molecule has 98 valence electrons. The predicted octanol–water partition coefficient (Wildman–Crippen LogP) is -0.0869. The first-order chi connectivity index (χ1) is 8.56. The van der Waals surface area contributed by atoms with Crippen molar-refractivity contribution in [1.29, 1.82) is 0 Å². The number of amides is 1. The van der Waals surface area contributed by atoms with E-state index in [2.05, 4.69) is 24.9 Å². The van der Waals surface area contributed by atoms with Gasteiger partial charge in [0.25, 0.3) is 5.91 Å². The maximum Gasteiger partial charge on any atom is 0.321 e. The predicted molar refractivity (Wildman–Crippen MR) is 64.6 cm³/mol. The van der Waals surface area contributed by atoms with Gasteiger partial charge < -0.3 is 21.1 Å². The molecule has 9 nitrogen and oxygen atoms in total. The molecule has 1 unspecified atom stereocenters. The van der Waals surface area contributed by atoms with Crippen molar-refractivity contribution in [2.45, 2.75) is 6.04 Å². The Labute approximate surface area is 106 Å². The number of nitrogens with zero attached hydrogens (tertiary/aromatic N) is 3. The van der Waals surface area contributed by atoms with Gasteiger partial charge in [-0.05, 0) is 11.9 Å². The molecule has 0 bridgehead atoms. The molecule has 5 N–H and O–H groups in total. The lowest BCUT2D eigenvalue weighted by atomic mass is 10.4. The lowest BCUT2D eigenvalue weighted by Crippen LogP contribution is -2.32. The number of H-pyrrole nitrogens is 1. The Balaban J connectivity index is 2.55. The highest BCUT2D eigenvalue weighted by atomic mass is 32.2. The van der Waals surface area contributed by atoms with Crippen LogP contribution in [0.25, 0.3) is 0 Å². The van der Waals surface area contributed by atoms with Gasteiger partial charge in [0, 0.05) is 12.8 Å². The molecule has 1 aromatic heterocycles. The van der Waals surface area contributed by atoms with Crippen molar-refractivity contribution in [2.75, 3.05) is 12.8 Å². The van der Waals surface area contributed by atoms with Crippen molar-refractivity contribution < 1.29 is 14.7 Å². The van der Waals surface area contributed by atoms with Gasteiger partial charge in [0.2, 0.25) is 5.82 Å². The van der Waals surface area contributed by atoms with Crippen LogP contribution < -0.4 is 11.1 Å². The number of carbonyl (C=O) groups is 2. The summed E-state index contributed by atoms with van der Waals surface area (Å²) in [6.45, 7) is 0. The molecule has 0 aromatic carbocycles. The summed E-state index contributed by atoms with van der Waals surface area (Å²) in [5, 5.41) is 14.7. The number of carbonyl (C=O) groups excluding carboxylic acids is 1. The van der Waals surface area contributed by atoms with Crippen LogP contribution in [0.4, 0.5) is 5.82 Å². The lowest BCUT2D eigenvalue weighted by molar-refractivity contribution is -0.137. The van der Waals surface area contributed by atoms with Gasteiger partial charge in [0.15, 0.2) is 5.69 Å². The molecule has 0 aliphatic heterocycles. The first-order valence-corrected chi connectivity index (χ1v) is 5.77. The van der Waals surface area contributed by atoms with Gasteiger partial charge in [-0.1, -0.05) is 0 Å². The molecule has 0 saturated carbocycles. The summed E-state index contributed by atoms with van der Waals surface area (Å²) < 4.78 is 3.65. The number of imidazole rings is 1. The number of carboxylic acid groups (broad SMARTS) is 1. The van der Waals surface area contributed by atoms with E-state index >= 15 is 0 Å². The first kappa shape index (κ1) is 14.1. The maximum atomic E-state index is 11.3. The summed E-state index contributed by atoms with van der Waals surface area (Å²) in [5.41, 5.74) is 5.45. The molecule has 10 heteroatoms. The van der Waals surface area contributed by atoms with Crippen LogP contribution in [0.2, 0.25) is 0 Å². The molecule has 0 fully saturated rings. The molecule has 1 amide bonds. The third-order valence-corrected chi connectivity index (χ3v) is 2.54. The number of aliphatic carboxylic acids is 1. The van der Waals surface area contributed by atoms with Crippen molar-refractivity contribution in [3.8, 4) is 0 Å². The fourth-order valence-electron chi connectivity index (χ4n) is 0.907. The Hall–Kier alpha value is -1.94. The fourth-order valence-corrected chi connectivity index (χ4v) is 1.41. The van der Waals surface area contributed by atoms with Crippen LogP contribution in [-0.2, 0) is 4.79 Å². The molecule has 0 spiro atoms. The normalized spacial score (nSPS) is 12.6. The average molecular weight is 272 g/mol. The third-order valence-electron chi connectivity index (χ3n) is 1.84. The molecule has 18 heavy (non-hydrogen) atoms. The zero-order chi connectivity index (χ0) is 13.5. The molecule has 1 rings (SSSR count). The van der Waals surface area contributed by atoms with Crippen LogP contribution in [-0.4, -0.2) is 45.8 Å². The van der Waals surface area contributed by atoms with E-state index in [-0.39, 0.29) is 23.2 Å². The monoisotopic (exact) mass is 272 g/mol. The van der Waals surface area contributed by atoms with Crippen molar-refractivity contribution in [2.24, 2.45) is 15.4 Å². The van der Waals surface area contributed by atoms with Crippen molar-refractivity contribution >= 4 is 29.6 Å². The van der Waals surface area contributed by atoms with E-state index < -0.39 is 12.0 Å². The first-order valence-electron chi connectivity index (χ1n) is 4.83. The van der Waals surface area contributed by atoms with Crippen LogP contribution in [0.1, 0.15) is 10.5 Å². The average Bonchev–Trinajstić information content (AvgIpc) is 2.81. The highest BCUT2D eigenvalue weighted by Crippen LogP contribution is 2.16. The Morgan fingerprint density at radius 3 is 3.06 bits per heavy atom. The topological polar surface area (TPSA) is 146 Å². The number of nitrogens with two attached hydrogens (primary N) is 1. The minimum absolute atomic E-state index is 0.0819. The van der Waals surface area contributed by atoms with Crippen molar-refractivity contribution in [3.63, 3.8) is 0 Å². The van der Waals surface area contributed by atoms with E-state index in [9.17, 15) is 9.59 Å². The molecule has 0 aliphatic rings. The molecule has 0 aliphatic carbocycles. The summed E-state index contributed by atoms with van der Waals surface area (Å²) in [6.07, 6.45) is 1.31. The summed E-state index contributed by atoms with van der Waals surface area (Å²) in [4.78, 5) is 28.2. The smallest absolute Gasteiger partial charge is 0.321 e. The Morgan fingerprint density at radius 2 is 2.44 bits per heavy atom. The van der Waals surface area contributed by atoms with E-state index in [1.165, 1.54) is 13.4 Å². The summed E-state index contributed by atoms with van der Waals surface area (Å²) in [6, 6.07) is -1.01. The quantitative estimate of drug-likeness (QED) is 0.420. The molecular weight excluding hydrogens is 260 g/mol. The van der Waals surface area contributed by atoms with E-state index in [0.29, 0.717) is 0 Å². The number of carboxylic acids is 1. The van der Waals surface area contributed by atoms with E-state index in [0.717, 1.165) is 11.9 Å². The highest BCUT2D eigenvalue weighted by Gasteiger charge is 2.13. The van der Waals surface area contributed by atoms with Crippen LogP contribution in [0, 0.1) is 0 Å². The van der Waals surface area contributed by atoms with Gasteiger partial charge in [-0.25, -0.2) is 4.98 Å². The summed E-state index contributed by atoms with van der Waals surface area (Å²) >= 11 is 0.883. The van der Waals surface area contributed by atoms with Crippen LogP contribution in [0.3, 0.4) is 0 Å². The Morgan fingerprint density at radius 1 is 1.72 bits per heavy atom. The zero-order valence-electron chi connectivity index (χ0n) is 9.45. The molecule has 1 aromatic rings. The number of aromatic amines is 1. The van der Waals surface area contributed by atoms with E-state index in [1.54, 1.807) is 0 Å². The summed E-state index contributed by atoms with van der Waals surface area (Å²) in [5.74, 6) is -1.26. The lowest BCUT2D eigenvalue weighted by Gasteiger charge is -2.00. The molecule has 1 atom stereocenters. The molecule has 1 heterocycles. The largest absolute Gasteiger partial charge is 0.480 e. The third kappa shape index (κ3) is 3.82. The number of nitrogens with one attached hydrogen (secondary N) is 2. The number of aromatic nitrogens is 2. The maximum absolute atomic E-state index is 11.3. The zero-order valence-corrected chi connectivity index (χ0v) is 10.3. The van der Waals surface area contributed by atoms with E-state index in [1.807, 2.05) is 0 Å². The van der Waals surface area contributed by atoms with Gasteiger partial charge in [-0.15, -0.1) is 9.63 Å². The number of hydrogen-bond acceptors (Lipinski definition) is 7. The Bertz CT molecular complexity index is 459. The second-order valence-electron chi connectivity index (χ2n) is 3.10. The molecule has 0 saturated heterocycles. The van der Waals surface area contributed by atoms with Crippen molar-refractivity contribution in [1.82, 2.24) is 15.3 Å². The standard InChI is InChI=1S/C8H12N6O3S/c1-10-7(15)5-6(12-3-11-5)13-14-18-2-4(9)8(16)17/h3-4H,2,9H2,1H3,(H,10,15)(H,11,12)(H,16,17). The van der Waals surface area contributed by atoms with Crippen molar-refractivity contribution in [3.05, 3.63) is 12.0 Å². The fraction of sp³-hybridized carbons (Fsp3) is 0.375. The molecular formula is C8H12N6O3S. The second-order valence-corrected chi connectivity index (χ2v) is 3.86. The Kier molecular flexibility index (Phi) is 5.27. The minimum Gasteiger partial charge on any atom is -0.480 e. The number of rotatable bonds is 6. The minimum atomic E-state index is -1.11. The highest BCUT2D eigenvalue weighted by molar-refractivity contribution is 7.97. The molecule has 0 radical (unpaired) electrons. The number of hydrogen-bond donors (Lipinski definition) is 4. The van der Waals surface area contributed by atoms with Crippen LogP contribution in [0.15, 0.2) is 16.0 Å². The van der Waals surface area contributed by atoms with Gasteiger partial charge in [0.05, 0.1) is 6.33 Å². The van der Waals surface area contributed by atoms with Gasteiger partial charge in [0.1, 0.15) is 6.04 Å². The van der Waals surface area contributed by atoms with Gasteiger partial charge in [-0.2, -0.15) is 0 Å².